The van der Waals surface area contributed by atoms with Gasteiger partial charge in [0.25, 0.3) is 5.24 Å². The van der Waals surface area contributed by atoms with Crippen molar-refractivity contribution in [2.75, 3.05) is 32.0 Å². The molecule has 7 nitrogen and oxygen atoms in total. The zero-order valence-electron chi connectivity index (χ0n) is 17.3. The maximum Gasteiger partial charge on any atom is 0.341 e. The first-order valence-electron chi connectivity index (χ1n) is 10.4. The van der Waals surface area contributed by atoms with Crippen molar-refractivity contribution in [3.8, 4) is 5.75 Å². The van der Waals surface area contributed by atoms with Gasteiger partial charge in [-0.1, -0.05) is 47.6 Å². The van der Waals surface area contributed by atoms with Crippen molar-refractivity contribution in [2.45, 2.75) is 18.9 Å². The number of hydrogen-bond acceptors (Lipinski definition) is 5. The minimum absolute atomic E-state index is 0.0116. The highest BCUT2D eigenvalue weighted by molar-refractivity contribution is 8.13. The topological polar surface area (TPSA) is 87.2 Å². The average Bonchev–Trinajstić information content (AvgIpc) is 3.20. The molecule has 2 heterocycles. The van der Waals surface area contributed by atoms with Gasteiger partial charge in [-0.25, -0.2) is 4.79 Å². The van der Waals surface area contributed by atoms with E-state index in [1.165, 1.54) is 11.8 Å². The van der Waals surface area contributed by atoms with Crippen LogP contribution in [0.5, 0.6) is 5.75 Å². The summed E-state index contributed by atoms with van der Waals surface area (Å²) in [5, 5.41) is 9.56. The summed E-state index contributed by atoms with van der Waals surface area (Å²) in [4.78, 5) is 39.8. The lowest BCUT2D eigenvalue weighted by Crippen LogP contribution is -2.42. The third-order valence-corrected chi connectivity index (χ3v) is 6.79. The van der Waals surface area contributed by atoms with E-state index in [9.17, 15) is 14.4 Å². The molecule has 168 valence electrons. The lowest BCUT2D eigenvalue weighted by atomic mass is 9.87. The fourth-order valence-electron chi connectivity index (χ4n) is 4.18. The van der Waals surface area contributed by atoms with Crippen LogP contribution < -0.4 is 4.74 Å². The van der Waals surface area contributed by atoms with Gasteiger partial charge in [0.2, 0.25) is 5.91 Å². The second-order valence-electron chi connectivity index (χ2n) is 7.65. The molecule has 0 spiro atoms. The van der Waals surface area contributed by atoms with Crippen LogP contribution in [-0.2, 0) is 16.0 Å². The predicted octanol–water partition coefficient (Wildman–Crippen LogP) is 3.84. The van der Waals surface area contributed by atoms with E-state index < -0.39 is 18.6 Å². The van der Waals surface area contributed by atoms with E-state index >= 15 is 0 Å². The Bertz CT molecular complexity index is 1050. The third kappa shape index (κ3) is 4.86. The number of hydrogen-bond donors (Lipinski definition) is 1. The van der Waals surface area contributed by atoms with Gasteiger partial charge in [-0.15, -0.1) is 0 Å². The van der Waals surface area contributed by atoms with Crippen molar-refractivity contribution in [1.82, 2.24) is 9.80 Å². The second kappa shape index (κ2) is 9.83. The van der Waals surface area contributed by atoms with Crippen LogP contribution in [0, 0.1) is 0 Å². The number of aliphatic carboxylic acids is 1. The van der Waals surface area contributed by atoms with Crippen molar-refractivity contribution in [3.05, 3.63) is 64.2 Å². The van der Waals surface area contributed by atoms with Gasteiger partial charge < -0.3 is 19.6 Å². The van der Waals surface area contributed by atoms with Gasteiger partial charge in [-0.05, 0) is 35.7 Å². The smallest absolute Gasteiger partial charge is 0.341 e. The van der Waals surface area contributed by atoms with Crippen LogP contribution in [0.15, 0.2) is 42.5 Å². The number of rotatable bonds is 7. The molecule has 0 saturated carbocycles. The Morgan fingerprint density at radius 1 is 1.16 bits per heavy atom. The SMILES string of the molecule is O=C(O)COc1ccc(Cl)cc1C1c2ccccc2CCN1C(=O)CCN1CCSC1=O. The van der Waals surface area contributed by atoms with Crippen molar-refractivity contribution in [2.24, 2.45) is 0 Å². The van der Waals surface area contributed by atoms with Gasteiger partial charge in [0.15, 0.2) is 6.61 Å². The van der Waals surface area contributed by atoms with Gasteiger partial charge >= 0.3 is 5.97 Å². The third-order valence-electron chi connectivity index (χ3n) is 5.66. The number of thioether (sulfide) groups is 1. The molecule has 2 amide bonds. The van der Waals surface area contributed by atoms with E-state index in [4.69, 9.17) is 21.4 Å². The molecule has 1 atom stereocenters. The van der Waals surface area contributed by atoms with Gasteiger partial charge in [-0.2, -0.15) is 0 Å². The molecule has 1 saturated heterocycles. The first kappa shape index (κ1) is 22.5. The van der Waals surface area contributed by atoms with Crippen molar-refractivity contribution in [1.29, 1.82) is 0 Å². The highest BCUT2D eigenvalue weighted by Gasteiger charge is 2.34. The van der Waals surface area contributed by atoms with Gasteiger partial charge in [0, 0.05) is 42.4 Å². The average molecular weight is 475 g/mol. The summed E-state index contributed by atoms with van der Waals surface area (Å²) < 4.78 is 5.55. The van der Waals surface area contributed by atoms with Gasteiger partial charge in [0.05, 0.1) is 6.04 Å². The fraction of sp³-hybridized carbons (Fsp3) is 0.348. The molecular weight excluding hydrogens is 452 g/mol. The van der Waals surface area contributed by atoms with Crippen LogP contribution in [0.2, 0.25) is 5.02 Å². The van der Waals surface area contributed by atoms with Crippen molar-refractivity contribution >= 4 is 40.5 Å². The molecule has 9 heteroatoms. The quantitative estimate of drug-likeness (QED) is 0.656. The highest BCUT2D eigenvalue weighted by Crippen LogP contribution is 2.40. The molecule has 2 aliphatic rings. The minimum Gasteiger partial charge on any atom is -0.482 e. The van der Waals surface area contributed by atoms with E-state index in [1.54, 1.807) is 28.0 Å². The second-order valence-corrected chi connectivity index (χ2v) is 9.14. The van der Waals surface area contributed by atoms with E-state index in [0.29, 0.717) is 42.4 Å². The van der Waals surface area contributed by atoms with Crippen LogP contribution >= 0.6 is 23.4 Å². The van der Waals surface area contributed by atoms with E-state index in [-0.39, 0.29) is 17.6 Å². The lowest BCUT2D eigenvalue weighted by molar-refractivity contribution is -0.139. The number of carboxylic acid groups (broad SMARTS) is 1. The molecule has 1 N–H and O–H groups in total. The summed E-state index contributed by atoms with van der Waals surface area (Å²) in [6.07, 6.45) is 0.930. The van der Waals surface area contributed by atoms with E-state index in [0.717, 1.165) is 16.9 Å². The number of nitrogens with zero attached hydrogens (tertiary/aromatic N) is 2. The van der Waals surface area contributed by atoms with Gasteiger partial charge in [-0.3, -0.25) is 9.59 Å². The molecule has 0 bridgehead atoms. The monoisotopic (exact) mass is 474 g/mol. The van der Waals surface area contributed by atoms with Crippen LogP contribution in [0.1, 0.15) is 29.2 Å². The molecule has 1 unspecified atom stereocenters. The van der Waals surface area contributed by atoms with Crippen LogP contribution in [0.25, 0.3) is 0 Å². The molecule has 0 radical (unpaired) electrons. The van der Waals surface area contributed by atoms with Crippen LogP contribution in [0.4, 0.5) is 4.79 Å². The highest BCUT2D eigenvalue weighted by atomic mass is 35.5. The molecule has 2 aliphatic heterocycles. The Balaban J connectivity index is 1.67. The van der Waals surface area contributed by atoms with Gasteiger partial charge in [0.1, 0.15) is 5.75 Å². The Morgan fingerprint density at radius 2 is 1.97 bits per heavy atom. The number of halogens is 1. The summed E-state index contributed by atoms with van der Waals surface area (Å²) in [6.45, 7) is 1.05. The molecule has 0 aliphatic carbocycles. The molecule has 2 aromatic carbocycles. The number of fused-ring (bicyclic) bond motifs is 1. The largest absolute Gasteiger partial charge is 0.482 e. The van der Waals surface area contributed by atoms with Crippen molar-refractivity contribution in [3.63, 3.8) is 0 Å². The summed E-state index contributed by atoms with van der Waals surface area (Å²) in [6, 6.07) is 12.4. The summed E-state index contributed by atoms with van der Waals surface area (Å²) in [5.74, 6) is -0.0312. The lowest BCUT2D eigenvalue weighted by Gasteiger charge is -2.38. The maximum absolute atomic E-state index is 13.3. The van der Waals surface area contributed by atoms with E-state index in [1.807, 2.05) is 24.3 Å². The normalized spacial score (nSPS) is 17.9. The Labute approximate surface area is 195 Å². The van der Waals surface area contributed by atoms with Crippen LogP contribution in [-0.4, -0.2) is 64.0 Å². The minimum atomic E-state index is -1.09. The molecule has 4 rings (SSSR count). The van der Waals surface area contributed by atoms with Crippen molar-refractivity contribution < 1.29 is 24.2 Å². The predicted molar refractivity (Wildman–Crippen MR) is 122 cm³/mol. The maximum atomic E-state index is 13.3. The zero-order chi connectivity index (χ0) is 22.7. The number of carbonyl (C=O) groups excluding carboxylic acids is 2. The summed E-state index contributed by atoms with van der Waals surface area (Å²) >= 11 is 7.57. The Morgan fingerprint density at radius 3 is 2.72 bits per heavy atom. The standard InChI is InChI=1S/C23H23ClN2O5S/c24-16-5-6-19(31-14-21(28)29)18(13-16)22-17-4-2-1-3-15(17)7-10-26(22)20(27)8-9-25-11-12-32-23(25)30/h1-6,13,22H,7-12,14H2,(H,28,29). The number of carboxylic acids is 1. The molecule has 32 heavy (non-hydrogen) atoms. The number of carbonyl (C=O) groups is 3. The number of amides is 2. The van der Waals surface area contributed by atoms with Crippen LogP contribution in [0.3, 0.4) is 0 Å². The summed E-state index contributed by atoms with van der Waals surface area (Å²) in [5.41, 5.74) is 2.73. The first-order valence-corrected chi connectivity index (χ1v) is 11.7. The molecular formula is C23H23ClN2O5S. The summed E-state index contributed by atoms with van der Waals surface area (Å²) in [7, 11) is 0. The number of ether oxygens (including phenoxy) is 1. The van der Waals surface area contributed by atoms with E-state index in [2.05, 4.69) is 0 Å². The molecule has 0 aromatic heterocycles. The Kier molecular flexibility index (Phi) is 6.91. The zero-order valence-corrected chi connectivity index (χ0v) is 18.9. The molecule has 2 aromatic rings. The fourth-order valence-corrected chi connectivity index (χ4v) is 5.21. The number of benzene rings is 2. The first-order chi connectivity index (χ1) is 15.4. The Hall–Kier alpha value is -2.71. The molecule has 1 fully saturated rings.